The maximum absolute atomic E-state index is 12.3. The van der Waals surface area contributed by atoms with Crippen LogP contribution in [0.1, 0.15) is 37.8 Å². The fourth-order valence-electron chi connectivity index (χ4n) is 2.57. The second-order valence-corrected chi connectivity index (χ2v) is 5.66. The number of carboxylic acids is 1. The Hall–Kier alpha value is -2.01. The zero-order valence-corrected chi connectivity index (χ0v) is 13.2. The topological polar surface area (TPSA) is 75.6 Å². The average molecular weight is 324 g/mol. The van der Waals surface area contributed by atoms with Crippen LogP contribution in [-0.2, 0) is 9.59 Å². The van der Waals surface area contributed by atoms with Gasteiger partial charge in [-0.1, -0.05) is 23.2 Å². The minimum absolute atomic E-state index is 0.303. The third-order valence-electron chi connectivity index (χ3n) is 3.80. The molecule has 0 aromatic heterocycles. The number of aliphatic carboxylic acids is 1. The lowest BCUT2D eigenvalue weighted by molar-refractivity contribution is -0.141. The van der Waals surface area contributed by atoms with Crippen molar-refractivity contribution in [2.75, 3.05) is 7.11 Å². The van der Waals surface area contributed by atoms with E-state index in [9.17, 15) is 14.7 Å². The molecule has 1 aromatic rings. The lowest BCUT2D eigenvalue weighted by Gasteiger charge is -2.17. The predicted octanol–water partition coefficient (Wildman–Crippen LogP) is 3.09. The monoisotopic (exact) mass is 323 g/mol. The normalized spacial score (nSPS) is 15.6. The SMILES string of the molecule is COc1ccc(C(NC(=O)C2=C(C)CCC2)C(=O)O)cc1Cl. The van der Waals surface area contributed by atoms with Crippen molar-refractivity contribution in [3.8, 4) is 5.75 Å². The van der Waals surface area contributed by atoms with Crippen LogP contribution < -0.4 is 10.1 Å². The number of ether oxygens (including phenoxy) is 1. The summed E-state index contributed by atoms with van der Waals surface area (Å²) in [5.74, 6) is -1.00. The molecule has 1 aliphatic carbocycles. The van der Waals surface area contributed by atoms with E-state index in [4.69, 9.17) is 16.3 Å². The molecule has 0 heterocycles. The van der Waals surface area contributed by atoms with Crippen molar-refractivity contribution in [1.29, 1.82) is 0 Å². The number of benzene rings is 1. The van der Waals surface area contributed by atoms with Crippen molar-refractivity contribution in [1.82, 2.24) is 5.32 Å². The van der Waals surface area contributed by atoms with Gasteiger partial charge in [0.1, 0.15) is 5.75 Å². The molecule has 118 valence electrons. The minimum Gasteiger partial charge on any atom is -0.495 e. The van der Waals surface area contributed by atoms with Crippen molar-refractivity contribution in [3.05, 3.63) is 39.9 Å². The molecule has 6 heteroatoms. The maximum Gasteiger partial charge on any atom is 0.330 e. The fourth-order valence-corrected chi connectivity index (χ4v) is 2.84. The van der Waals surface area contributed by atoms with Crippen LogP contribution in [0.25, 0.3) is 0 Å². The van der Waals surface area contributed by atoms with Crippen molar-refractivity contribution in [2.45, 2.75) is 32.2 Å². The number of carbonyl (C=O) groups excluding carboxylic acids is 1. The number of rotatable bonds is 5. The Morgan fingerprint density at radius 3 is 2.59 bits per heavy atom. The minimum atomic E-state index is -1.14. The number of carbonyl (C=O) groups is 2. The molecule has 0 saturated heterocycles. The van der Waals surface area contributed by atoms with Gasteiger partial charge < -0.3 is 15.2 Å². The molecule has 0 radical (unpaired) electrons. The molecule has 1 atom stereocenters. The highest BCUT2D eigenvalue weighted by atomic mass is 35.5. The smallest absolute Gasteiger partial charge is 0.330 e. The first-order valence-electron chi connectivity index (χ1n) is 6.99. The van der Waals surface area contributed by atoms with Crippen molar-refractivity contribution in [3.63, 3.8) is 0 Å². The maximum atomic E-state index is 12.3. The lowest BCUT2D eigenvalue weighted by Crippen LogP contribution is -2.34. The molecule has 0 bridgehead atoms. The third-order valence-corrected chi connectivity index (χ3v) is 4.09. The third kappa shape index (κ3) is 3.42. The second kappa shape index (κ2) is 6.83. The highest BCUT2D eigenvalue weighted by molar-refractivity contribution is 6.32. The Balaban J connectivity index is 2.24. The summed E-state index contributed by atoms with van der Waals surface area (Å²) in [4.78, 5) is 23.8. The molecule has 0 fully saturated rings. The molecule has 1 unspecified atom stereocenters. The van der Waals surface area contributed by atoms with Gasteiger partial charge in [0.05, 0.1) is 12.1 Å². The highest BCUT2D eigenvalue weighted by Crippen LogP contribution is 2.29. The Labute approximate surface area is 133 Å². The molecule has 1 aliphatic rings. The fraction of sp³-hybridized carbons (Fsp3) is 0.375. The molecule has 0 spiro atoms. The van der Waals surface area contributed by atoms with Gasteiger partial charge in [-0.25, -0.2) is 4.79 Å². The average Bonchev–Trinajstić information content (AvgIpc) is 2.90. The Bertz CT molecular complexity index is 639. The number of carboxylic acid groups (broad SMARTS) is 1. The molecule has 2 rings (SSSR count). The molecular weight excluding hydrogens is 306 g/mol. The van der Waals surface area contributed by atoms with E-state index in [0.29, 0.717) is 28.3 Å². The van der Waals surface area contributed by atoms with Gasteiger partial charge in [0.2, 0.25) is 5.91 Å². The number of hydrogen-bond acceptors (Lipinski definition) is 3. The van der Waals surface area contributed by atoms with E-state index >= 15 is 0 Å². The molecule has 1 aromatic carbocycles. The van der Waals surface area contributed by atoms with Crippen LogP contribution in [0, 0.1) is 0 Å². The molecule has 22 heavy (non-hydrogen) atoms. The number of methoxy groups -OCH3 is 1. The molecule has 5 nitrogen and oxygen atoms in total. The molecule has 1 amide bonds. The number of amides is 1. The Kier molecular flexibility index (Phi) is 5.08. The van der Waals surface area contributed by atoms with E-state index < -0.39 is 12.0 Å². The number of hydrogen-bond donors (Lipinski definition) is 2. The van der Waals surface area contributed by atoms with Gasteiger partial charge in [-0.2, -0.15) is 0 Å². The van der Waals surface area contributed by atoms with Gasteiger partial charge in [-0.05, 0) is 43.9 Å². The standard InChI is InChI=1S/C16H18ClNO4/c1-9-4-3-5-11(9)15(19)18-14(16(20)21)10-6-7-13(22-2)12(17)8-10/h6-8,14H,3-5H2,1-2H3,(H,18,19)(H,20,21). The number of allylic oxidation sites excluding steroid dienone is 1. The van der Waals surface area contributed by atoms with Gasteiger partial charge in [-0.15, -0.1) is 0 Å². The summed E-state index contributed by atoms with van der Waals surface area (Å²) in [6.45, 7) is 1.90. The number of halogens is 1. The molecule has 0 aliphatic heterocycles. The van der Waals surface area contributed by atoms with Crippen LogP contribution in [0.15, 0.2) is 29.3 Å². The van der Waals surface area contributed by atoms with Crippen molar-refractivity contribution < 1.29 is 19.4 Å². The van der Waals surface area contributed by atoms with Crippen LogP contribution in [0.4, 0.5) is 0 Å². The van der Waals surface area contributed by atoms with E-state index in [1.54, 1.807) is 12.1 Å². The molecular formula is C16H18ClNO4. The van der Waals surface area contributed by atoms with Crippen molar-refractivity contribution >= 4 is 23.5 Å². The Morgan fingerprint density at radius 2 is 2.09 bits per heavy atom. The number of nitrogens with one attached hydrogen (secondary N) is 1. The van der Waals surface area contributed by atoms with Crippen LogP contribution in [0.3, 0.4) is 0 Å². The Morgan fingerprint density at radius 1 is 1.36 bits per heavy atom. The first-order valence-corrected chi connectivity index (χ1v) is 7.37. The zero-order valence-electron chi connectivity index (χ0n) is 12.5. The van der Waals surface area contributed by atoms with Gasteiger partial charge in [-0.3, -0.25) is 4.79 Å². The molecule has 2 N–H and O–H groups in total. The molecule has 0 saturated carbocycles. The van der Waals surface area contributed by atoms with E-state index in [2.05, 4.69) is 5.32 Å². The van der Waals surface area contributed by atoms with Crippen LogP contribution in [-0.4, -0.2) is 24.1 Å². The zero-order chi connectivity index (χ0) is 16.3. The van der Waals surface area contributed by atoms with E-state index in [1.807, 2.05) is 6.92 Å². The second-order valence-electron chi connectivity index (χ2n) is 5.25. The van der Waals surface area contributed by atoms with E-state index in [-0.39, 0.29) is 5.91 Å². The summed E-state index contributed by atoms with van der Waals surface area (Å²) < 4.78 is 5.04. The summed E-state index contributed by atoms with van der Waals surface area (Å²) in [6, 6.07) is 3.52. The first kappa shape index (κ1) is 16.4. The summed E-state index contributed by atoms with van der Waals surface area (Å²) >= 11 is 6.03. The lowest BCUT2D eigenvalue weighted by atomic mass is 10.1. The first-order chi connectivity index (χ1) is 10.4. The largest absolute Gasteiger partial charge is 0.495 e. The van der Waals surface area contributed by atoms with E-state index in [1.165, 1.54) is 13.2 Å². The summed E-state index contributed by atoms with van der Waals surface area (Å²) in [5.41, 5.74) is 2.11. The summed E-state index contributed by atoms with van der Waals surface area (Å²) in [5, 5.41) is 12.3. The van der Waals surface area contributed by atoms with Crippen molar-refractivity contribution in [2.24, 2.45) is 0 Å². The quantitative estimate of drug-likeness (QED) is 0.873. The van der Waals surface area contributed by atoms with Crippen LogP contribution >= 0.6 is 11.6 Å². The van der Waals surface area contributed by atoms with Gasteiger partial charge >= 0.3 is 5.97 Å². The van der Waals surface area contributed by atoms with Crippen LogP contribution in [0.2, 0.25) is 5.02 Å². The highest BCUT2D eigenvalue weighted by Gasteiger charge is 2.26. The van der Waals surface area contributed by atoms with Gasteiger partial charge in [0, 0.05) is 5.57 Å². The summed E-state index contributed by atoms with van der Waals surface area (Å²) in [7, 11) is 1.48. The predicted molar refractivity (Wildman–Crippen MR) is 83.1 cm³/mol. The van der Waals surface area contributed by atoms with Gasteiger partial charge in [0.25, 0.3) is 0 Å². The van der Waals surface area contributed by atoms with E-state index in [0.717, 1.165) is 18.4 Å². The van der Waals surface area contributed by atoms with Crippen LogP contribution in [0.5, 0.6) is 5.75 Å². The summed E-state index contributed by atoms with van der Waals surface area (Å²) in [6.07, 6.45) is 2.50. The van der Waals surface area contributed by atoms with Gasteiger partial charge in [0.15, 0.2) is 6.04 Å².